The molecule has 0 spiro atoms. The number of amides is 1. The zero-order valence-corrected chi connectivity index (χ0v) is 9.11. The van der Waals surface area contributed by atoms with Crippen molar-refractivity contribution in [3.63, 3.8) is 0 Å². The van der Waals surface area contributed by atoms with E-state index in [9.17, 15) is 9.59 Å². The van der Waals surface area contributed by atoms with E-state index >= 15 is 0 Å². The minimum absolute atomic E-state index is 0.0692. The summed E-state index contributed by atoms with van der Waals surface area (Å²) >= 11 is 0. The number of carbonyl (C=O) groups is 2. The summed E-state index contributed by atoms with van der Waals surface area (Å²) in [6, 6.07) is 3.06. The number of carbonyl (C=O) groups excluding carboxylic acids is 1. The maximum absolute atomic E-state index is 10.6. The fourth-order valence-electron chi connectivity index (χ4n) is 1.66. The Bertz CT molecular complexity index is 412. The highest BCUT2D eigenvalue weighted by Crippen LogP contribution is 2.11. The van der Waals surface area contributed by atoms with Crippen molar-refractivity contribution in [2.24, 2.45) is 0 Å². The molecule has 1 saturated heterocycles. The van der Waals surface area contributed by atoms with Gasteiger partial charge in [0.15, 0.2) is 11.5 Å². The molecule has 2 rings (SSSR count). The van der Waals surface area contributed by atoms with Gasteiger partial charge < -0.3 is 14.9 Å². The van der Waals surface area contributed by atoms with Gasteiger partial charge in [0.25, 0.3) is 0 Å². The molecule has 0 aliphatic carbocycles. The molecule has 1 aliphatic heterocycles. The largest absolute Gasteiger partial charge is 0.476 e. The van der Waals surface area contributed by atoms with Gasteiger partial charge in [-0.25, -0.2) is 4.79 Å². The van der Waals surface area contributed by atoms with Crippen LogP contribution in [0.15, 0.2) is 12.1 Å². The van der Waals surface area contributed by atoms with Crippen molar-refractivity contribution in [1.29, 1.82) is 0 Å². The zero-order chi connectivity index (χ0) is 12.3. The monoisotopic (exact) mass is 236 g/mol. The molecular weight excluding hydrogens is 224 g/mol. The molecule has 1 aromatic heterocycles. The first-order valence-corrected chi connectivity index (χ1v) is 5.22. The van der Waals surface area contributed by atoms with Crippen LogP contribution in [0, 0.1) is 0 Å². The van der Waals surface area contributed by atoms with E-state index < -0.39 is 5.97 Å². The third kappa shape index (κ3) is 2.49. The lowest BCUT2D eigenvalue weighted by atomic mass is 10.3. The predicted octanol–water partition coefficient (Wildman–Crippen LogP) is -0.547. The summed E-state index contributed by atoms with van der Waals surface area (Å²) in [6.07, 6.45) is 0.830. The van der Waals surface area contributed by atoms with Gasteiger partial charge in [-0.15, -0.1) is 10.2 Å². The van der Waals surface area contributed by atoms with E-state index in [4.69, 9.17) is 5.11 Å². The molecule has 0 atom stereocenters. The normalized spacial score (nSPS) is 15.8. The molecule has 0 aromatic carbocycles. The summed E-state index contributed by atoms with van der Waals surface area (Å²) < 4.78 is 0. The molecule has 0 saturated carbocycles. The fourth-order valence-corrected chi connectivity index (χ4v) is 1.66. The van der Waals surface area contributed by atoms with Crippen LogP contribution in [-0.2, 0) is 4.79 Å². The maximum Gasteiger partial charge on any atom is 0.356 e. The predicted molar refractivity (Wildman–Crippen MR) is 58.8 cm³/mol. The second kappa shape index (κ2) is 4.77. The topological polar surface area (TPSA) is 86.6 Å². The van der Waals surface area contributed by atoms with Crippen LogP contribution in [0.25, 0.3) is 0 Å². The molecule has 7 heteroatoms. The molecule has 1 fully saturated rings. The number of rotatable bonds is 3. The van der Waals surface area contributed by atoms with Crippen LogP contribution in [0.3, 0.4) is 0 Å². The average Bonchev–Trinajstić information content (AvgIpc) is 2.39. The zero-order valence-electron chi connectivity index (χ0n) is 9.11. The van der Waals surface area contributed by atoms with Gasteiger partial charge in [-0.2, -0.15) is 0 Å². The number of aromatic carboxylic acids is 1. The first-order valence-electron chi connectivity index (χ1n) is 5.22. The van der Waals surface area contributed by atoms with Gasteiger partial charge in [0, 0.05) is 26.2 Å². The molecule has 17 heavy (non-hydrogen) atoms. The SMILES string of the molecule is O=CN1CCN(c2ccc(C(=O)O)nn2)CC1. The highest BCUT2D eigenvalue weighted by molar-refractivity contribution is 5.85. The Morgan fingerprint density at radius 2 is 1.94 bits per heavy atom. The molecule has 0 unspecified atom stereocenters. The summed E-state index contributed by atoms with van der Waals surface area (Å²) in [5.74, 6) is -0.449. The third-order valence-electron chi connectivity index (χ3n) is 2.66. The molecule has 1 aliphatic rings. The molecular formula is C10H12N4O3. The highest BCUT2D eigenvalue weighted by atomic mass is 16.4. The second-order valence-electron chi connectivity index (χ2n) is 3.71. The molecule has 7 nitrogen and oxygen atoms in total. The van der Waals surface area contributed by atoms with Gasteiger partial charge in [0.2, 0.25) is 6.41 Å². The number of hydrogen-bond acceptors (Lipinski definition) is 5. The van der Waals surface area contributed by atoms with Gasteiger partial charge >= 0.3 is 5.97 Å². The van der Waals surface area contributed by atoms with Crippen molar-refractivity contribution in [2.45, 2.75) is 0 Å². The van der Waals surface area contributed by atoms with Gasteiger partial charge in [-0.1, -0.05) is 0 Å². The number of piperazine rings is 1. The fraction of sp³-hybridized carbons (Fsp3) is 0.400. The Kier molecular flexibility index (Phi) is 3.17. The minimum atomic E-state index is -1.09. The molecule has 0 bridgehead atoms. The number of anilines is 1. The van der Waals surface area contributed by atoms with Crippen LogP contribution in [0.4, 0.5) is 5.82 Å². The molecule has 1 N–H and O–H groups in total. The van der Waals surface area contributed by atoms with E-state index in [1.807, 2.05) is 4.90 Å². The number of aromatic nitrogens is 2. The lowest BCUT2D eigenvalue weighted by molar-refractivity contribution is -0.118. The lowest BCUT2D eigenvalue weighted by Crippen LogP contribution is -2.46. The van der Waals surface area contributed by atoms with Gasteiger partial charge in [-0.05, 0) is 12.1 Å². The summed E-state index contributed by atoms with van der Waals surface area (Å²) in [7, 11) is 0. The van der Waals surface area contributed by atoms with Gasteiger partial charge in [0.1, 0.15) is 0 Å². The van der Waals surface area contributed by atoms with Crippen LogP contribution in [0.1, 0.15) is 10.5 Å². The Balaban J connectivity index is 2.03. The van der Waals surface area contributed by atoms with Crippen LogP contribution in [0.5, 0.6) is 0 Å². The molecule has 2 heterocycles. The molecule has 1 aromatic rings. The Morgan fingerprint density at radius 1 is 1.24 bits per heavy atom. The number of hydrogen-bond donors (Lipinski definition) is 1. The Labute approximate surface area is 97.7 Å². The number of nitrogens with zero attached hydrogens (tertiary/aromatic N) is 4. The van der Waals surface area contributed by atoms with Crippen molar-refractivity contribution in [3.8, 4) is 0 Å². The van der Waals surface area contributed by atoms with E-state index in [0.29, 0.717) is 32.0 Å². The van der Waals surface area contributed by atoms with E-state index in [0.717, 1.165) is 6.41 Å². The highest BCUT2D eigenvalue weighted by Gasteiger charge is 2.17. The van der Waals surface area contributed by atoms with Crippen LogP contribution in [0.2, 0.25) is 0 Å². The molecule has 1 amide bonds. The summed E-state index contributed by atoms with van der Waals surface area (Å²) in [4.78, 5) is 24.8. The third-order valence-corrected chi connectivity index (χ3v) is 2.66. The molecule has 0 radical (unpaired) electrons. The summed E-state index contributed by atoms with van der Waals surface area (Å²) in [5, 5.41) is 16.2. The molecule has 90 valence electrons. The van der Waals surface area contributed by atoms with E-state index in [2.05, 4.69) is 10.2 Å². The van der Waals surface area contributed by atoms with Crippen LogP contribution in [-0.4, -0.2) is 58.8 Å². The average molecular weight is 236 g/mol. The van der Waals surface area contributed by atoms with Gasteiger partial charge in [-0.3, -0.25) is 4.79 Å². The van der Waals surface area contributed by atoms with E-state index in [1.165, 1.54) is 6.07 Å². The van der Waals surface area contributed by atoms with Crippen LogP contribution >= 0.6 is 0 Å². The standard InChI is InChI=1S/C10H12N4O3/c15-7-13-3-5-14(6-4-13)9-2-1-8(10(16)17)11-12-9/h1-2,7H,3-6H2,(H,16,17). The Morgan fingerprint density at radius 3 is 2.41 bits per heavy atom. The van der Waals surface area contributed by atoms with E-state index in [-0.39, 0.29) is 5.69 Å². The van der Waals surface area contributed by atoms with Gasteiger partial charge in [0.05, 0.1) is 0 Å². The smallest absolute Gasteiger partial charge is 0.356 e. The van der Waals surface area contributed by atoms with E-state index in [1.54, 1.807) is 11.0 Å². The summed E-state index contributed by atoms with van der Waals surface area (Å²) in [6.45, 7) is 2.65. The van der Waals surface area contributed by atoms with Crippen molar-refractivity contribution < 1.29 is 14.7 Å². The van der Waals surface area contributed by atoms with Crippen molar-refractivity contribution in [3.05, 3.63) is 17.8 Å². The lowest BCUT2D eigenvalue weighted by Gasteiger charge is -2.32. The van der Waals surface area contributed by atoms with Crippen molar-refractivity contribution in [1.82, 2.24) is 15.1 Å². The van der Waals surface area contributed by atoms with Crippen molar-refractivity contribution >= 4 is 18.2 Å². The quantitative estimate of drug-likeness (QED) is 0.709. The second-order valence-corrected chi connectivity index (χ2v) is 3.71. The van der Waals surface area contributed by atoms with Crippen LogP contribution < -0.4 is 4.90 Å². The number of carboxylic acid groups (broad SMARTS) is 1. The minimum Gasteiger partial charge on any atom is -0.476 e. The first-order chi connectivity index (χ1) is 8.20. The Hall–Kier alpha value is -2.18. The summed E-state index contributed by atoms with van der Waals surface area (Å²) in [5.41, 5.74) is -0.0692. The van der Waals surface area contributed by atoms with Crippen molar-refractivity contribution in [2.75, 3.05) is 31.1 Å². The first kappa shape index (κ1) is 11.3. The maximum atomic E-state index is 10.6. The number of carboxylic acids is 1.